The van der Waals surface area contributed by atoms with Crippen LogP contribution in [0.3, 0.4) is 0 Å². The fourth-order valence-electron chi connectivity index (χ4n) is 0.600. The van der Waals surface area contributed by atoms with Crippen LogP contribution in [-0.4, -0.2) is 87.8 Å². The van der Waals surface area contributed by atoms with Gasteiger partial charge < -0.3 is 22.0 Å². The molecule has 0 aliphatic carbocycles. The van der Waals surface area contributed by atoms with Gasteiger partial charge in [0.05, 0.1) is 55.5 Å². The normalized spacial score (nSPS) is 12.0. The molecule has 0 aliphatic heterocycles. The first-order valence-corrected chi connectivity index (χ1v) is 4.95. The fourth-order valence-corrected chi connectivity index (χ4v) is 0.600. The summed E-state index contributed by atoms with van der Waals surface area (Å²) in [6, 6.07) is 0. The summed E-state index contributed by atoms with van der Waals surface area (Å²) in [7, 11) is 12.3. The Kier molecular flexibility index (Phi) is 8.34. The fraction of sp³-hybridized carbons (Fsp3) is 1.00. The van der Waals surface area contributed by atoms with E-state index in [1.54, 1.807) is 0 Å². The molecule has 0 aromatic heterocycles. The van der Waals surface area contributed by atoms with E-state index in [0.717, 1.165) is 22.1 Å². The number of hydrogen-bond donors (Lipinski definition) is 2. The maximum atomic E-state index is 8.39. The number of hydrogen-bond acceptors (Lipinski definition) is 2. The monoisotopic (exact) mass is 210 g/mol. The molecule has 0 aromatic carbocycles. The molecule has 14 heavy (non-hydrogen) atoms. The molecule has 0 amide bonds. The molecule has 92 valence electrons. The lowest BCUT2D eigenvalue weighted by atomic mass is 10.5. The Labute approximate surface area is 91.5 Å². The van der Waals surface area contributed by atoms with E-state index in [2.05, 4.69) is 42.3 Å². The van der Waals surface area contributed by atoms with E-state index >= 15 is 0 Å². The first kappa shape index (κ1) is 16.3. The van der Waals surface area contributed by atoms with Gasteiger partial charge in [0.2, 0.25) is 0 Å². The third-order valence-corrected chi connectivity index (χ3v) is 1.54. The van der Waals surface area contributed by atoms with E-state index in [1.807, 2.05) is 0 Å². The zero-order valence-electron chi connectivity index (χ0n) is 12.6. The maximum Gasteiger partial charge on any atom is 0.101 e. The third-order valence-electron chi connectivity index (χ3n) is 1.54. The van der Waals surface area contributed by atoms with Gasteiger partial charge in [0, 0.05) is 0 Å². The van der Waals surface area contributed by atoms with Crippen molar-refractivity contribution in [1.29, 1.82) is 0 Å². The van der Waals surface area contributed by atoms with Gasteiger partial charge in [-0.2, -0.15) is 0 Å². The van der Waals surface area contributed by atoms with Gasteiger partial charge in [-0.3, -0.25) is 0 Å². The highest BCUT2D eigenvalue weighted by atomic mass is 16.3. The number of nitrogens with zero attached hydrogens (tertiary/aromatic N) is 2. The SMILES string of the molecule is C[N+](C)(C)CCO.C[N+](C)(C)CCO.[H-].[H-]. The summed E-state index contributed by atoms with van der Waals surface area (Å²) >= 11 is 0. The van der Waals surface area contributed by atoms with Crippen molar-refractivity contribution in [1.82, 2.24) is 0 Å². The highest BCUT2D eigenvalue weighted by Gasteiger charge is 2.02. The van der Waals surface area contributed by atoms with E-state index in [9.17, 15) is 0 Å². The second-order valence-electron chi connectivity index (χ2n) is 5.48. The van der Waals surface area contributed by atoms with E-state index < -0.39 is 0 Å². The van der Waals surface area contributed by atoms with E-state index in [0.29, 0.717) is 0 Å². The standard InChI is InChI=1S/2C5H14NO.2H/c2*1-6(2,3)4-5-7;;/h2*7H,4-5H2,1-3H3;;/q2*+1;2*-1. The molecule has 0 bridgehead atoms. The third kappa shape index (κ3) is 22.6. The Morgan fingerprint density at radius 3 is 0.929 bits per heavy atom. The van der Waals surface area contributed by atoms with Gasteiger partial charge in [0.1, 0.15) is 13.1 Å². The quantitative estimate of drug-likeness (QED) is 0.620. The van der Waals surface area contributed by atoms with Crippen molar-refractivity contribution in [2.24, 2.45) is 0 Å². The maximum absolute atomic E-state index is 8.39. The Balaban J connectivity index is -0.0000000800. The van der Waals surface area contributed by atoms with Gasteiger partial charge in [-0.1, -0.05) is 0 Å². The molecule has 0 saturated heterocycles. The van der Waals surface area contributed by atoms with Gasteiger partial charge in [0.15, 0.2) is 0 Å². The molecule has 4 nitrogen and oxygen atoms in total. The molecule has 0 rings (SSSR count). The largest absolute Gasteiger partial charge is 1.00 e. The summed E-state index contributed by atoms with van der Waals surface area (Å²) < 4.78 is 1.69. The van der Waals surface area contributed by atoms with E-state index in [4.69, 9.17) is 10.2 Å². The van der Waals surface area contributed by atoms with Crippen LogP contribution in [0.15, 0.2) is 0 Å². The summed E-state index contributed by atoms with van der Waals surface area (Å²) in [5.41, 5.74) is 0. The van der Waals surface area contributed by atoms with Crippen LogP contribution in [0.2, 0.25) is 0 Å². The first-order valence-electron chi connectivity index (χ1n) is 4.95. The minimum atomic E-state index is 0. The van der Waals surface area contributed by atoms with Crippen LogP contribution in [-0.2, 0) is 0 Å². The summed E-state index contributed by atoms with van der Waals surface area (Å²) in [5.74, 6) is 0. The van der Waals surface area contributed by atoms with Gasteiger partial charge in [-0.25, -0.2) is 0 Å². The molecular formula is C10H30N2O2. The second-order valence-corrected chi connectivity index (χ2v) is 5.48. The van der Waals surface area contributed by atoms with Crippen molar-refractivity contribution in [2.75, 3.05) is 68.6 Å². The molecule has 0 spiro atoms. The van der Waals surface area contributed by atoms with Crippen molar-refractivity contribution in [3.05, 3.63) is 0 Å². The van der Waals surface area contributed by atoms with Crippen molar-refractivity contribution >= 4 is 0 Å². The van der Waals surface area contributed by atoms with Crippen molar-refractivity contribution < 1.29 is 22.0 Å². The van der Waals surface area contributed by atoms with Crippen molar-refractivity contribution in [3.63, 3.8) is 0 Å². The number of aliphatic hydroxyl groups excluding tert-OH is 2. The molecule has 0 aromatic rings. The predicted octanol–water partition coefficient (Wildman–Crippen LogP) is -0.405. The molecule has 0 heterocycles. The lowest BCUT2D eigenvalue weighted by molar-refractivity contribution is -0.870. The molecule has 0 fully saturated rings. The lowest BCUT2D eigenvalue weighted by Gasteiger charge is -2.21. The number of rotatable bonds is 4. The molecule has 0 unspecified atom stereocenters. The van der Waals surface area contributed by atoms with Gasteiger partial charge in [0.25, 0.3) is 0 Å². The zero-order valence-corrected chi connectivity index (χ0v) is 10.6. The van der Waals surface area contributed by atoms with E-state index in [-0.39, 0.29) is 16.1 Å². The topological polar surface area (TPSA) is 40.5 Å². The van der Waals surface area contributed by atoms with Gasteiger partial charge >= 0.3 is 0 Å². The van der Waals surface area contributed by atoms with Gasteiger partial charge in [-0.05, 0) is 0 Å². The number of quaternary nitrogens is 2. The van der Waals surface area contributed by atoms with Crippen LogP contribution < -0.4 is 0 Å². The molecule has 4 heteroatoms. The van der Waals surface area contributed by atoms with Crippen molar-refractivity contribution in [3.8, 4) is 0 Å². The smallest absolute Gasteiger partial charge is 0.101 e. The predicted molar refractivity (Wildman–Crippen MR) is 62.2 cm³/mol. The molecule has 2 N–H and O–H groups in total. The lowest BCUT2D eigenvalue weighted by Crippen LogP contribution is -2.36. The Morgan fingerprint density at radius 1 is 0.714 bits per heavy atom. The summed E-state index contributed by atoms with van der Waals surface area (Å²) in [4.78, 5) is 0. The second kappa shape index (κ2) is 7.17. The van der Waals surface area contributed by atoms with Crippen LogP contribution in [0.5, 0.6) is 0 Å². The molecule has 0 saturated carbocycles. The Bertz CT molecular complexity index is 118. The zero-order chi connectivity index (χ0) is 11.8. The van der Waals surface area contributed by atoms with Crippen LogP contribution in [0.1, 0.15) is 2.85 Å². The number of aliphatic hydroxyl groups is 2. The Hall–Kier alpha value is -0.160. The summed E-state index contributed by atoms with van der Waals surface area (Å²) in [5, 5.41) is 16.8. The molecular weight excluding hydrogens is 180 g/mol. The average Bonchev–Trinajstić information content (AvgIpc) is 1.81. The summed E-state index contributed by atoms with van der Waals surface area (Å²) in [6.07, 6.45) is 0. The highest BCUT2D eigenvalue weighted by Crippen LogP contribution is 1.85. The molecule has 0 atom stereocenters. The van der Waals surface area contributed by atoms with Crippen LogP contribution >= 0.6 is 0 Å². The van der Waals surface area contributed by atoms with Crippen LogP contribution in [0.25, 0.3) is 0 Å². The number of likely N-dealkylation sites (N-methyl/N-ethyl adjacent to an activating group) is 2. The Morgan fingerprint density at radius 2 is 0.929 bits per heavy atom. The molecule has 0 aliphatic rings. The molecule has 0 radical (unpaired) electrons. The average molecular weight is 210 g/mol. The van der Waals surface area contributed by atoms with E-state index in [1.165, 1.54) is 0 Å². The van der Waals surface area contributed by atoms with Gasteiger partial charge in [-0.15, -0.1) is 0 Å². The highest BCUT2D eigenvalue weighted by molar-refractivity contribution is 4.19. The van der Waals surface area contributed by atoms with Crippen LogP contribution in [0, 0.1) is 0 Å². The minimum Gasteiger partial charge on any atom is -1.00 e. The summed E-state index contributed by atoms with van der Waals surface area (Å²) in [6.45, 7) is 2.23. The first-order chi connectivity index (χ1) is 6.12. The minimum absolute atomic E-state index is 0. The van der Waals surface area contributed by atoms with Crippen LogP contribution in [0.4, 0.5) is 0 Å². The van der Waals surface area contributed by atoms with Crippen molar-refractivity contribution in [2.45, 2.75) is 0 Å².